The first kappa shape index (κ1) is 30.6. The molecule has 0 aromatic heterocycles. The zero-order valence-corrected chi connectivity index (χ0v) is 25.7. The van der Waals surface area contributed by atoms with E-state index in [1.165, 1.54) is 0 Å². The summed E-state index contributed by atoms with van der Waals surface area (Å²) >= 11 is 0. The predicted molar refractivity (Wildman–Crippen MR) is 162 cm³/mol. The highest BCUT2D eigenvalue weighted by Crippen LogP contribution is 2.42. The summed E-state index contributed by atoms with van der Waals surface area (Å²) in [7, 11) is -2.15. The van der Waals surface area contributed by atoms with Gasteiger partial charge in [0, 0.05) is 12.5 Å². The van der Waals surface area contributed by atoms with Gasteiger partial charge in [0.2, 0.25) is 0 Å². The van der Waals surface area contributed by atoms with Crippen LogP contribution >= 0.6 is 0 Å². The molecule has 216 valence electrons. The van der Waals surface area contributed by atoms with E-state index in [2.05, 4.69) is 70.3 Å². The molecule has 2 unspecified atom stereocenters. The van der Waals surface area contributed by atoms with E-state index in [0.29, 0.717) is 26.2 Å². The van der Waals surface area contributed by atoms with Crippen LogP contribution in [0.15, 0.2) is 91.0 Å². The molecule has 0 saturated heterocycles. The Kier molecular flexibility index (Phi) is 10.7. The van der Waals surface area contributed by atoms with E-state index < -0.39 is 14.4 Å². The van der Waals surface area contributed by atoms with Gasteiger partial charge in [0.05, 0.1) is 32.0 Å². The van der Waals surface area contributed by atoms with Crippen molar-refractivity contribution in [2.24, 2.45) is 5.92 Å². The summed E-state index contributed by atoms with van der Waals surface area (Å²) in [6.07, 6.45) is -0.712. The van der Waals surface area contributed by atoms with E-state index in [1.54, 1.807) is 0 Å². The molecular formula is C34H46O5Si. The summed E-state index contributed by atoms with van der Waals surface area (Å²) in [6.45, 7) is 12.6. The normalized spacial score (nSPS) is 23.7. The van der Waals surface area contributed by atoms with Gasteiger partial charge in [0.1, 0.15) is 12.2 Å². The van der Waals surface area contributed by atoms with Crippen molar-refractivity contribution in [2.75, 3.05) is 6.61 Å². The topological polar surface area (TPSA) is 57.2 Å². The molecule has 6 heteroatoms. The molecule has 4 rings (SSSR count). The third-order valence-electron chi connectivity index (χ3n) is 8.36. The minimum absolute atomic E-state index is 0.00653. The number of aliphatic hydroxyl groups excluding tert-OH is 1. The van der Waals surface area contributed by atoms with Gasteiger partial charge < -0.3 is 23.7 Å². The Labute approximate surface area is 241 Å². The van der Waals surface area contributed by atoms with Crippen LogP contribution in [0.1, 0.15) is 43.9 Å². The summed E-state index contributed by atoms with van der Waals surface area (Å²) in [5.41, 5.74) is 3.27. The molecule has 1 saturated carbocycles. The molecule has 40 heavy (non-hydrogen) atoms. The van der Waals surface area contributed by atoms with Crippen molar-refractivity contribution in [3.8, 4) is 0 Å². The molecule has 1 fully saturated rings. The Balaban J connectivity index is 1.66. The molecule has 5 nitrogen and oxygen atoms in total. The Hall–Kier alpha value is -2.32. The lowest BCUT2D eigenvalue weighted by atomic mass is 9.80. The molecule has 0 bridgehead atoms. The lowest BCUT2D eigenvalue weighted by molar-refractivity contribution is -0.219. The molecule has 0 heterocycles. The zero-order valence-electron chi connectivity index (χ0n) is 24.7. The first-order valence-electron chi connectivity index (χ1n) is 14.4. The van der Waals surface area contributed by atoms with E-state index in [1.807, 2.05) is 54.6 Å². The first-order valence-corrected chi connectivity index (χ1v) is 17.3. The quantitative estimate of drug-likeness (QED) is 0.238. The first-order chi connectivity index (χ1) is 19.2. The minimum atomic E-state index is -2.15. The van der Waals surface area contributed by atoms with Crippen LogP contribution in [-0.2, 0) is 38.5 Å². The van der Waals surface area contributed by atoms with Gasteiger partial charge in [0.25, 0.3) is 0 Å². The van der Waals surface area contributed by atoms with Crippen molar-refractivity contribution in [1.82, 2.24) is 0 Å². The summed E-state index contributed by atoms with van der Waals surface area (Å²) in [4.78, 5) is 0. The minimum Gasteiger partial charge on any atom is -0.411 e. The third-order valence-corrected chi connectivity index (χ3v) is 12.9. The van der Waals surface area contributed by atoms with Gasteiger partial charge in [-0.1, -0.05) is 112 Å². The van der Waals surface area contributed by atoms with E-state index in [4.69, 9.17) is 18.6 Å². The SMILES string of the molecule is CC(C)(C)[Si](C)(C)O[C@H]1CC(CO)[C@H](OCc2ccccc2)[C@@H](OCc2ccccc2)C1OCc1ccccc1. The fourth-order valence-corrected chi connectivity index (χ4v) is 6.35. The van der Waals surface area contributed by atoms with Gasteiger partial charge in [-0.3, -0.25) is 0 Å². The fourth-order valence-electron chi connectivity index (χ4n) is 5.01. The average molecular weight is 563 g/mol. The maximum absolute atomic E-state index is 10.6. The van der Waals surface area contributed by atoms with Crippen LogP contribution in [-0.4, -0.2) is 44.4 Å². The standard InChI is InChI=1S/C34H46O5Si/c1-34(2,3)40(4,5)39-30-21-29(22-35)31(36-23-26-15-9-6-10-16-26)33(38-25-28-19-13-8-14-20-28)32(30)37-24-27-17-11-7-12-18-27/h6-20,29-33,35H,21-25H2,1-5H3/t29?,30-,31-,32?,33+/m0/s1. The highest BCUT2D eigenvalue weighted by molar-refractivity contribution is 6.74. The second-order valence-electron chi connectivity index (χ2n) is 12.4. The number of ether oxygens (including phenoxy) is 3. The number of hydrogen-bond acceptors (Lipinski definition) is 5. The molecule has 3 aromatic rings. The molecule has 1 N–H and O–H groups in total. The van der Waals surface area contributed by atoms with E-state index >= 15 is 0 Å². The monoisotopic (exact) mass is 562 g/mol. The van der Waals surface area contributed by atoms with Crippen molar-refractivity contribution in [1.29, 1.82) is 0 Å². The molecule has 0 aliphatic heterocycles. The average Bonchev–Trinajstić information content (AvgIpc) is 2.95. The van der Waals surface area contributed by atoms with Crippen molar-refractivity contribution in [3.05, 3.63) is 108 Å². The Morgan fingerprint density at radius 3 is 1.45 bits per heavy atom. The third kappa shape index (κ3) is 8.12. The lowest BCUT2D eigenvalue weighted by Crippen LogP contribution is -2.60. The highest BCUT2D eigenvalue weighted by Gasteiger charge is 2.50. The van der Waals surface area contributed by atoms with Gasteiger partial charge in [-0.15, -0.1) is 0 Å². The molecule has 3 aromatic carbocycles. The Bertz CT molecular complexity index is 1130. The van der Waals surface area contributed by atoms with Crippen LogP contribution < -0.4 is 0 Å². The Morgan fingerprint density at radius 2 is 1.05 bits per heavy atom. The second-order valence-corrected chi connectivity index (χ2v) is 17.1. The van der Waals surface area contributed by atoms with E-state index in [9.17, 15) is 5.11 Å². The maximum Gasteiger partial charge on any atom is 0.192 e. The number of rotatable bonds is 12. The summed E-state index contributed by atoms with van der Waals surface area (Å²) < 4.78 is 27.1. The Morgan fingerprint density at radius 1 is 0.650 bits per heavy atom. The van der Waals surface area contributed by atoms with Crippen LogP contribution in [0.3, 0.4) is 0 Å². The van der Waals surface area contributed by atoms with E-state index in [0.717, 1.165) is 16.7 Å². The lowest BCUT2D eigenvalue weighted by Gasteiger charge is -2.49. The van der Waals surface area contributed by atoms with E-state index in [-0.39, 0.29) is 35.9 Å². The molecular weight excluding hydrogens is 516 g/mol. The van der Waals surface area contributed by atoms with Crippen molar-refractivity contribution >= 4 is 8.32 Å². The number of aliphatic hydroxyl groups is 1. The molecule has 0 spiro atoms. The van der Waals surface area contributed by atoms with Crippen molar-refractivity contribution in [2.45, 2.75) is 89.6 Å². The van der Waals surface area contributed by atoms with Gasteiger partial charge in [-0.25, -0.2) is 0 Å². The molecule has 1 aliphatic rings. The number of benzene rings is 3. The van der Waals surface area contributed by atoms with Gasteiger partial charge in [-0.2, -0.15) is 0 Å². The van der Waals surface area contributed by atoms with Crippen LogP contribution in [0.2, 0.25) is 18.1 Å². The summed E-state index contributed by atoms with van der Waals surface area (Å²) in [5.74, 6) is -0.143. The van der Waals surface area contributed by atoms with Gasteiger partial charge in [0.15, 0.2) is 8.32 Å². The van der Waals surface area contributed by atoms with Gasteiger partial charge >= 0.3 is 0 Å². The second kappa shape index (κ2) is 14.0. The van der Waals surface area contributed by atoms with Crippen molar-refractivity contribution < 1.29 is 23.7 Å². The smallest absolute Gasteiger partial charge is 0.192 e. The van der Waals surface area contributed by atoms with Crippen LogP contribution in [0.25, 0.3) is 0 Å². The predicted octanol–water partition coefficient (Wildman–Crippen LogP) is 7.15. The maximum atomic E-state index is 10.6. The number of hydrogen-bond donors (Lipinski definition) is 1. The van der Waals surface area contributed by atoms with Crippen LogP contribution in [0.5, 0.6) is 0 Å². The fraction of sp³-hybridized carbons (Fsp3) is 0.471. The van der Waals surface area contributed by atoms with Crippen LogP contribution in [0.4, 0.5) is 0 Å². The summed E-state index contributed by atoms with van der Waals surface area (Å²) in [5, 5.41) is 10.6. The largest absolute Gasteiger partial charge is 0.411 e. The van der Waals surface area contributed by atoms with Gasteiger partial charge in [-0.05, 0) is 41.2 Å². The molecule has 0 radical (unpaired) electrons. The van der Waals surface area contributed by atoms with Crippen LogP contribution in [0, 0.1) is 5.92 Å². The zero-order chi connectivity index (χ0) is 28.6. The highest BCUT2D eigenvalue weighted by atomic mass is 28.4. The summed E-state index contributed by atoms with van der Waals surface area (Å²) in [6, 6.07) is 30.5. The molecule has 5 atom stereocenters. The molecule has 0 amide bonds. The molecule has 1 aliphatic carbocycles. The van der Waals surface area contributed by atoms with Crippen molar-refractivity contribution in [3.63, 3.8) is 0 Å².